The molecule has 2 rings (SSSR count). The summed E-state index contributed by atoms with van der Waals surface area (Å²) in [5.74, 6) is 0. The van der Waals surface area contributed by atoms with Gasteiger partial charge in [-0.2, -0.15) is 4.31 Å². The number of nitrogens with zero attached hydrogens (tertiary/aromatic N) is 1. The quantitative estimate of drug-likeness (QED) is 0.797. The van der Waals surface area contributed by atoms with Crippen molar-refractivity contribution in [2.24, 2.45) is 0 Å². The average molecular weight is 279 g/mol. The molecule has 0 aliphatic carbocycles. The van der Waals surface area contributed by atoms with Crippen LogP contribution in [0.25, 0.3) is 0 Å². The van der Waals surface area contributed by atoms with E-state index in [4.69, 9.17) is 0 Å². The van der Waals surface area contributed by atoms with Gasteiger partial charge in [-0.1, -0.05) is 36.3 Å². The lowest BCUT2D eigenvalue weighted by Gasteiger charge is -2.33. The second kappa shape index (κ2) is 5.47. The number of rotatable bonds is 3. The van der Waals surface area contributed by atoms with Gasteiger partial charge < -0.3 is 0 Å². The van der Waals surface area contributed by atoms with Crippen LogP contribution in [0.1, 0.15) is 32.3 Å². The van der Waals surface area contributed by atoms with Gasteiger partial charge in [-0.05, 0) is 38.8 Å². The number of hydrogen-bond donors (Lipinski definition) is 0. The van der Waals surface area contributed by atoms with Gasteiger partial charge in [-0.3, -0.25) is 0 Å². The third kappa shape index (κ3) is 2.90. The van der Waals surface area contributed by atoms with Gasteiger partial charge in [0.1, 0.15) is 0 Å². The molecule has 0 aromatic heterocycles. The van der Waals surface area contributed by atoms with E-state index in [2.05, 4.69) is 6.92 Å². The zero-order chi connectivity index (χ0) is 14.0. The molecule has 1 heterocycles. The number of sulfonamides is 1. The minimum atomic E-state index is -3.37. The molecule has 104 valence electrons. The summed E-state index contributed by atoms with van der Waals surface area (Å²) in [4.78, 5) is 0.393. The summed E-state index contributed by atoms with van der Waals surface area (Å²) in [6.07, 6.45) is 3.69. The Morgan fingerprint density at radius 2 is 1.84 bits per heavy atom. The van der Waals surface area contributed by atoms with Gasteiger partial charge in [0.15, 0.2) is 0 Å². The fourth-order valence-electron chi connectivity index (χ4n) is 2.44. The summed E-state index contributed by atoms with van der Waals surface area (Å²) < 4.78 is 27.0. The van der Waals surface area contributed by atoms with Crippen molar-refractivity contribution in [3.63, 3.8) is 0 Å². The maximum atomic E-state index is 12.7. The van der Waals surface area contributed by atoms with Gasteiger partial charge in [-0.25, -0.2) is 8.42 Å². The molecule has 1 aromatic rings. The Bertz CT molecular complexity index is 573. The first-order valence-electron chi connectivity index (χ1n) is 6.69. The molecule has 1 aromatic carbocycles. The van der Waals surface area contributed by atoms with Crippen molar-refractivity contribution in [2.45, 2.75) is 44.6 Å². The molecule has 1 atom stereocenters. The molecule has 0 unspecified atom stereocenters. The van der Waals surface area contributed by atoms with E-state index >= 15 is 0 Å². The van der Waals surface area contributed by atoms with Gasteiger partial charge >= 0.3 is 0 Å². The summed E-state index contributed by atoms with van der Waals surface area (Å²) in [6, 6.07) is 7.17. The molecule has 1 aliphatic heterocycles. The molecule has 0 saturated carbocycles. The van der Waals surface area contributed by atoms with Crippen molar-refractivity contribution < 1.29 is 8.42 Å². The molecule has 3 nitrogen and oxygen atoms in total. The Hall–Kier alpha value is -1.13. The molecule has 0 saturated heterocycles. The van der Waals surface area contributed by atoms with Crippen molar-refractivity contribution in [3.8, 4) is 0 Å². The van der Waals surface area contributed by atoms with Crippen LogP contribution in [0.15, 0.2) is 40.8 Å². The molecule has 1 aliphatic rings. The van der Waals surface area contributed by atoms with Crippen molar-refractivity contribution in [1.29, 1.82) is 0 Å². The van der Waals surface area contributed by atoms with Crippen LogP contribution >= 0.6 is 0 Å². The Labute approximate surface area is 116 Å². The third-order valence-corrected chi connectivity index (χ3v) is 5.62. The van der Waals surface area contributed by atoms with Crippen molar-refractivity contribution >= 4 is 10.0 Å². The summed E-state index contributed by atoms with van der Waals surface area (Å²) in [7, 11) is -3.37. The van der Waals surface area contributed by atoms with E-state index in [9.17, 15) is 8.42 Å². The third-order valence-electron chi connectivity index (χ3n) is 3.68. The number of benzene rings is 1. The van der Waals surface area contributed by atoms with Crippen LogP contribution in [0.2, 0.25) is 0 Å². The summed E-state index contributed by atoms with van der Waals surface area (Å²) in [5.41, 5.74) is 2.35. The van der Waals surface area contributed by atoms with Crippen LogP contribution in [0, 0.1) is 6.92 Å². The van der Waals surface area contributed by atoms with Crippen LogP contribution in [-0.2, 0) is 10.0 Å². The van der Waals surface area contributed by atoms with E-state index in [1.54, 1.807) is 16.4 Å². The zero-order valence-electron chi connectivity index (χ0n) is 11.8. The van der Waals surface area contributed by atoms with Crippen molar-refractivity contribution in [2.75, 3.05) is 6.54 Å². The van der Waals surface area contributed by atoms with E-state index in [1.807, 2.05) is 32.1 Å². The predicted octanol–water partition coefficient (Wildman–Crippen LogP) is 3.11. The molecule has 0 bridgehead atoms. The van der Waals surface area contributed by atoms with E-state index in [1.165, 1.54) is 5.57 Å². The largest absolute Gasteiger partial charge is 0.243 e. The molecule has 4 heteroatoms. The maximum Gasteiger partial charge on any atom is 0.243 e. The maximum absolute atomic E-state index is 12.7. The van der Waals surface area contributed by atoms with Crippen LogP contribution in [0.4, 0.5) is 0 Å². The van der Waals surface area contributed by atoms with Crippen molar-refractivity contribution in [3.05, 3.63) is 41.5 Å². The van der Waals surface area contributed by atoms with E-state index in [0.717, 1.165) is 18.4 Å². The Balaban J connectivity index is 2.36. The standard InChI is InChI=1S/C15H21NO2S/c1-4-14-11-13(3)9-10-16(14)19(17,18)15-7-5-12(2)6-8-15/h5-9,14H,4,10-11H2,1-3H3/t14-/m1/s1. The van der Waals surface area contributed by atoms with Gasteiger partial charge in [0.2, 0.25) is 10.0 Å². The molecule has 19 heavy (non-hydrogen) atoms. The highest BCUT2D eigenvalue weighted by molar-refractivity contribution is 7.89. The predicted molar refractivity (Wildman–Crippen MR) is 77.5 cm³/mol. The van der Waals surface area contributed by atoms with Gasteiger partial charge in [0.05, 0.1) is 4.90 Å². The molecule has 0 fully saturated rings. The molecular weight excluding hydrogens is 258 g/mol. The smallest absolute Gasteiger partial charge is 0.207 e. The first-order chi connectivity index (χ1) is 8.95. The second-order valence-electron chi connectivity index (χ2n) is 5.20. The van der Waals surface area contributed by atoms with E-state index in [0.29, 0.717) is 11.4 Å². The first-order valence-corrected chi connectivity index (χ1v) is 8.13. The topological polar surface area (TPSA) is 37.4 Å². The number of aryl methyl sites for hydroxylation is 1. The lowest BCUT2D eigenvalue weighted by atomic mass is 10.0. The van der Waals surface area contributed by atoms with Gasteiger partial charge in [0.25, 0.3) is 0 Å². The van der Waals surface area contributed by atoms with Crippen LogP contribution in [0.3, 0.4) is 0 Å². The van der Waals surface area contributed by atoms with Gasteiger partial charge in [-0.15, -0.1) is 0 Å². The minimum Gasteiger partial charge on any atom is -0.207 e. The highest BCUT2D eigenvalue weighted by atomic mass is 32.2. The molecular formula is C15H21NO2S. The zero-order valence-corrected chi connectivity index (χ0v) is 12.6. The molecule has 0 radical (unpaired) electrons. The van der Waals surface area contributed by atoms with Crippen LogP contribution in [0.5, 0.6) is 0 Å². The Morgan fingerprint density at radius 1 is 1.21 bits per heavy atom. The Morgan fingerprint density at radius 3 is 2.42 bits per heavy atom. The molecule has 0 N–H and O–H groups in total. The Kier molecular flexibility index (Phi) is 4.11. The second-order valence-corrected chi connectivity index (χ2v) is 7.10. The molecule has 0 amide bonds. The summed E-state index contributed by atoms with van der Waals surface area (Å²) >= 11 is 0. The number of hydrogen-bond acceptors (Lipinski definition) is 2. The fourth-order valence-corrected chi connectivity index (χ4v) is 4.08. The highest BCUT2D eigenvalue weighted by Gasteiger charge is 2.31. The van der Waals surface area contributed by atoms with Crippen LogP contribution in [-0.4, -0.2) is 25.3 Å². The summed E-state index contributed by atoms with van der Waals surface area (Å²) in [5, 5.41) is 0. The van der Waals surface area contributed by atoms with E-state index in [-0.39, 0.29) is 6.04 Å². The minimum absolute atomic E-state index is 0.0799. The van der Waals surface area contributed by atoms with Crippen LogP contribution < -0.4 is 0 Å². The monoisotopic (exact) mass is 279 g/mol. The lowest BCUT2D eigenvalue weighted by molar-refractivity contribution is 0.318. The van der Waals surface area contributed by atoms with Crippen molar-refractivity contribution in [1.82, 2.24) is 4.31 Å². The SMILES string of the molecule is CC[C@@H]1CC(C)=CCN1S(=O)(=O)c1ccc(C)cc1. The first kappa shape index (κ1) is 14.3. The average Bonchev–Trinajstić information content (AvgIpc) is 2.38. The highest BCUT2D eigenvalue weighted by Crippen LogP contribution is 2.26. The lowest BCUT2D eigenvalue weighted by Crippen LogP contribution is -2.42. The fraction of sp³-hybridized carbons (Fsp3) is 0.467. The summed E-state index contributed by atoms with van der Waals surface area (Å²) in [6.45, 7) is 6.55. The van der Waals surface area contributed by atoms with Gasteiger partial charge in [0, 0.05) is 12.6 Å². The molecule has 0 spiro atoms. The van der Waals surface area contributed by atoms with E-state index < -0.39 is 10.0 Å². The normalized spacial score (nSPS) is 21.2.